The van der Waals surface area contributed by atoms with E-state index >= 15 is 0 Å². The van der Waals surface area contributed by atoms with Crippen molar-refractivity contribution in [2.45, 2.75) is 0 Å². The number of pyridine rings is 1. The third-order valence-corrected chi connectivity index (χ3v) is 10.0. The number of fused-ring (bicyclic) bond motifs is 2. The zero-order chi connectivity index (χ0) is 32.6. The molecule has 6 aromatic carbocycles. The van der Waals surface area contributed by atoms with Gasteiger partial charge in [0.15, 0.2) is 17.5 Å². The van der Waals surface area contributed by atoms with E-state index in [1.54, 1.807) is 17.5 Å². The summed E-state index contributed by atoms with van der Waals surface area (Å²) >= 11 is 1.81. The Morgan fingerprint density at radius 1 is 0.388 bits per heavy atom. The van der Waals surface area contributed by atoms with E-state index in [-0.39, 0.29) is 0 Å². The molecular formula is C44H28N4S. The molecule has 0 saturated heterocycles. The Morgan fingerprint density at radius 3 is 1.57 bits per heavy atom. The van der Waals surface area contributed by atoms with Gasteiger partial charge in [0.1, 0.15) is 0 Å². The van der Waals surface area contributed by atoms with Crippen molar-refractivity contribution < 1.29 is 0 Å². The smallest absolute Gasteiger partial charge is 0.164 e. The van der Waals surface area contributed by atoms with Crippen LogP contribution in [0.25, 0.3) is 87.7 Å². The first-order valence-corrected chi connectivity index (χ1v) is 17.0. The lowest BCUT2D eigenvalue weighted by molar-refractivity contribution is 1.07. The Balaban J connectivity index is 1.11. The first-order valence-electron chi connectivity index (χ1n) is 16.2. The van der Waals surface area contributed by atoms with Crippen LogP contribution in [-0.2, 0) is 0 Å². The van der Waals surface area contributed by atoms with Crippen LogP contribution in [0.5, 0.6) is 0 Å². The molecule has 230 valence electrons. The monoisotopic (exact) mass is 644 g/mol. The van der Waals surface area contributed by atoms with Gasteiger partial charge < -0.3 is 0 Å². The molecule has 0 N–H and O–H groups in total. The molecule has 0 bridgehead atoms. The van der Waals surface area contributed by atoms with Gasteiger partial charge in [-0.05, 0) is 62.2 Å². The highest BCUT2D eigenvalue weighted by molar-refractivity contribution is 7.22. The molecule has 0 amide bonds. The summed E-state index contributed by atoms with van der Waals surface area (Å²) in [6.07, 6.45) is 3.66. The summed E-state index contributed by atoms with van der Waals surface area (Å²) < 4.78 is 1.29. The Hall–Kier alpha value is -6.30. The van der Waals surface area contributed by atoms with Crippen LogP contribution in [0.1, 0.15) is 0 Å². The summed E-state index contributed by atoms with van der Waals surface area (Å²) in [5.74, 6) is 1.90. The highest BCUT2D eigenvalue weighted by Gasteiger charge is 2.14. The van der Waals surface area contributed by atoms with Crippen LogP contribution in [0.2, 0.25) is 0 Å². The van der Waals surface area contributed by atoms with Crippen molar-refractivity contribution in [3.8, 4) is 66.9 Å². The average Bonchev–Trinajstić information content (AvgIpc) is 3.63. The van der Waals surface area contributed by atoms with Gasteiger partial charge in [-0.25, -0.2) is 15.0 Å². The molecule has 0 aliphatic heterocycles. The second kappa shape index (κ2) is 12.4. The van der Waals surface area contributed by atoms with E-state index in [1.807, 2.05) is 12.3 Å². The fourth-order valence-corrected chi connectivity index (χ4v) is 7.36. The maximum absolute atomic E-state index is 5.03. The molecule has 0 spiro atoms. The fraction of sp³-hybridized carbons (Fsp3) is 0. The van der Waals surface area contributed by atoms with Crippen LogP contribution in [0.15, 0.2) is 170 Å². The molecule has 0 fully saturated rings. The van der Waals surface area contributed by atoms with Crippen LogP contribution in [-0.4, -0.2) is 19.9 Å². The minimum absolute atomic E-state index is 0.629. The Bertz CT molecular complexity index is 2540. The van der Waals surface area contributed by atoms with Gasteiger partial charge in [-0.3, -0.25) is 4.98 Å². The van der Waals surface area contributed by atoms with Gasteiger partial charge in [-0.15, -0.1) is 11.3 Å². The molecule has 9 aromatic rings. The third-order valence-electron chi connectivity index (χ3n) is 8.87. The third kappa shape index (κ3) is 5.67. The summed E-state index contributed by atoms with van der Waals surface area (Å²) in [6.45, 7) is 0. The SMILES string of the molecule is c1cncc(-c2ccc(-c3nc(-c4ccc(-c5cc6ccccc6s5)cc4)nc(-c4ccc(-c5cccc6ccccc56)cc4)n3)cc2)c1. The first kappa shape index (κ1) is 28.9. The zero-order valence-corrected chi connectivity index (χ0v) is 27.2. The molecule has 0 atom stereocenters. The van der Waals surface area contributed by atoms with Crippen LogP contribution < -0.4 is 0 Å². The van der Waals surface area contributed by atoms with Gasteiger partial charge in [0.05, 0.1) is 0 Å². The van der Waals surface area contributed by atoms with E-state index in [2.05, 4.69) is 157 Å². The number of hydrogen-bond donors (Lipinski definition) is 0. The van der Waals surface area contributed by atoms with Crippen molar-refractivity contribution in [3.63, 3.8) is 0 Å². The second-order valence-electron chi connectivity index (χ2n) is 12.0. The lowest BCUT2D eigenvalue weighted by atomic mass is 9.97. The van der Waals surface area contributed by atoms with Crippen molar-refractivity contribution in [3.05, 3.63) is 170 Å². The summed E-state index contributed by atoms with van der Waals surface area (Å²) in [5, 5.41) is 3.72. The van der Waals surface area contributed by atoms with E-state index < -0.39 is 0 Å². The summed E-state index contributed by atoms with van der Waals surface area (Å²) in [6, 6.07) is 55.1. The predicted molar refractivity (Wildman–Crippen MR) is 203 cm³/mol. The molecule has 3 aromatic heterocycles. The van der Waals surface area contributed by atoms with Crippen molar-refractivity contribution in [1.82, 2.24) is 19.9 Å². The van der Waals surface area contributed by atoms with Crippen molar-refractivity contribution >= 4 is 32.2 Å². The number of thiophene rings is 1. The fourth-order valence-electron chi connectivity index (χ4n) is 6.29. The Morgan fingerprint density at radius 2 is 0.939 bits per heavy atom. The van der Waals surface area contributed by atoms with Crippen LogP contribution in [0, 0.1) is 0 Å². The molecule has 0 unspecified atom stereocenters. The van der Waals surface area contributed by atoms with Gasteiger partial charge in [-0.2, -0.15) is 0 Å². The maximum atomic E-state index is 5.03. The highest BCUT2D eigenvalue weighted by atomic mass is 32.1. The van der Waals surface area contributed by atoms with Gasteiger partial charge in [0.2, 0.25) is 0 Å². The second-order valence-corrected chi connectivity index (χ2v) is 13.0. The average molecular weight is 645 g/mol. The predicted octanol–water partition coefficient (Wildman–Crippen LogP) is 11.6. The topological polar surface area (TPSA) is 51.6 Å². The lowest BCUT2D eigenvalue weighted by Crippen LogP contribution is -2.00. The molecule has 3 heterocycles. The van der Waals surface area contributed by atoms with E-state index in [0.717, 1.165) is 33.4 Å². The molecule has 0 aliphatic rings. The maximum Gasteiger partial charge on any atom is 0.164 e. The summed E-state index contributed by atoms with van der Waals surface area (Å²) in [7, 11) is 0. The van der Waals surface area contributed by atoms with E-state index in [1.165, 1.54) is 36.9 Å². The van der Waals surface area contributed by atoms with Gasteiger partial charge in [0.25, 0.3) is 0 Å². The van der Waals surface area contributed by atoms with E-state index in [4.69, 9.17) is 15.0 Å². The number of nitrogens with zero attached hydrogens (tertiary/aromatic N) is 4. The largest absolute Gasteiger partial charge is 0.264 e. The Labute approximate surface area is 288 Å². The normalized spacial score (nSPS) is 11.3. The zero-order valence-electron chi connectivity index (χ0n) is 26.4. The molecular weight excluding hydrogens is 617 g/mol. The summed E-state index contributed by atoms with van der Waals surface area (Å²) in [4.78, 5) is 20.6. The van der Waals surface area contributed by atoms with Crippen molar-refractivity contribution in [2.75, 3.05) is 0 Å². The number of rotatable bonds is 6. The van der Waals surface area contributed by atoms with E-state index in [0.29, 0.717) is 17.5 Å². The highest BCUT2D eigenvalue weighted by Crippen LogP contribution is 2.35. The number of benzene rings is 6. The standard InChI is InChI=1S/C44H28N4S/c1-3-11-38-30(7-1)9-5-12-39(38)31-16-22-34(23-17-31)43-46-42(33-20-14-29(15-21-33)37-10-6-26-45-28-37)47-44(48-43)35-24-18-32(19-25-35)41-27-36-8-2-4-13-40(36)49-41/h1-28H. The van der Waals surface area contributed by atoms with Crippen LogP contribution >= 0.6 is 11.3 Å². The van der Waals surface area contributed by atoms with Crippen molar-refractivity contribution in [2.24, 2.45) is 0 Å². The van der Waals surface area contributed by atoms with Crippen molar-refractivity contribution in [1.29, 1.82) is 0 Å². The van der Waals surface area contributed by atoms with Crippen LogP contribution in [0.3, 0.4) is 0 Å². The van der Waals surface area contributed by atoms with Crippen LogP contribution in [0.4, 0.5) is 0 Å². The van der Waals surface area contributed by atoms with Gasteiger partial charge in [-0.1, -0.05) is 140 Å². The summed E-state index contributed by atoms with van der Waals surface area (Å²) in [5.41, 5.74) is 8.48. The quantitative estimate of drug-likeness (QED) is 0.181. The molecule has 49 heavy (non-hydrogen) atoms. The molecule has 9 rings (SSSR count). The molecule has 0 saturated carbocycles. The van der Waals surface area contributed by atoms with Gasteiger partial charge in [0, 0.05) is 38.7 Å². The lowest BCUT2D eigenvalue weighted by Gasteiger charge is -2.11. The van der Waals surface area contributed by atoms with E-state index in [9.17, 15) is 0 Å². The minimum Gasteiger partial charge on any atom is -0.264 e. The first-order chi connectivity index (χ1) is 24.2. The minimum atomic E-state index is 0.629. The Kier molecular flexibility index (Phi) is 7.30. The number of aromatic nitrogens is 4. The molecule has 4 nitrogen and oxygen atoms in total. The molecule has 0 aliphatic carbocycles. The molecule has 0 radical (unpaired) electrons. The number of hydrogen-bond acceptors (Lipinski definition) is 5. The van der Waals surface area contributed by atoms with Gasteiger partial charge >= 0.3 is 0 Å². The molecule has 5 heteroatoms.